The molecule has 0 heterocycles. The summed E-state index contributed by atoms with van der Waals surface area (Å²) in [4.78, 5) is 11.4. The van der Waals surface area contributed by atoms with Crippen molar-refractivity contribution in [2.24, 2.45) is 0 Å². The van der Waals surface area contributed by atoms with E-state index >= 15 is 0 Å². The highest BCUT2D eigenvalue weighted by atomic mass is 32.1. The van der Waals surface area contributed by atoms with Crippen molar-refractivity contribution in [1.29, 1.82) is 0 Å². The number of ether oxygens (including phenoxy) is 2. The third-order valence-corrected chi connectivity index (χ3v) is 2.35. The largest absolute Gasteiger partial charge is 0.442 e. The molecule has 18 heavy (non-hydrogen) atoms. The van der Waals surface area contributed by atoms with Crippen molar-refractivity contribution in [2.75, 3.05) is 0 Å². The van der Waals surface area contributed by atoms with E-state index in [9.17, 15) is 4.79 Å². The number of benzene rings is 1. The van der Waals surface area contributed by atoms with Gasteiger partial charge in [0.1, 0.15) is 0 Å². The molecule has 0 spiro atoms. The van der Waals surface area contributed by atoms with E-state index in [4.69, 9.17) is 21.7 Å². The fourth-order valence-corrected chi connectivity index (χ4v) is 1.52. The minimum absolute atomic E-state index is 0.287. The summed E-state index contributed by atoms with van der Waals surface area (Å²) in [7, 11) is 0. The van der Waals surface area contributed by atoms with Crippen LogP contribution in [0.1, 0.15) is 26.3 Å². The van der Waals surface area contributed by atoms with Crippen LogP contribution in [0.2, 0.25) is 0 Å². The first-order valence-electron chi connectivity index (χ1n) is 5.49. The third-order valence-electron chi connectivity index (χ3n) is 2.03. The van der Waals surface area contributed by atoms with Crippen LogP contribution < -0.4 is 0 Å². The first-order chi connectivity index (χ1) is 8.32. The maximum atomic E-state index is 11.4. The van der Waals surface area contributed by atoms with Gasteiger partial charge in [-0.2, -0.15) is 0 Å². The van der Waals surface area contributed by atoms with Crippen molar-refractivity contribution in [3.8, 4) is 0 Å². The van der Waals surface area contributed by atoms with Crippen molar-refractivity contribution in [3.05, 3.63) is 48.0 Å². The van der Waals surface area contributed by atoms with Crippen LogP contribution in [0.5, 0.6) is 0 Å². The minimum Gasteiger partial charge on any atom is -0.442 e. The second-order valence-corrected chi connectivity index (χ2v) is 4.70. The zero-order valence-electron chi connectivity index (χ0n) is 10.7. The zero-order chi connectivity index (χ0) is 13.8. The van der Waals surface area contributed by atoms with Crippen molar-refractivity contribution in [1.82, 2.24) is 0 Å². The number of carbonyl (C=O) groups excluding carboxylic acids is 1. The molecule has 0 aliphatic carbocycles. The Kier molecular flexibility index (Phi) is 4.62. The quantitative estimate of drug-likeness (QED) is 0.362. The van der Waals surface area contributed by atoms with Gasteiger partial charge in [0.2, 0.25) is 5.79 Å². The Morgan fingerprint density at radius 2 is 1.78 bits per heavy atom. The van der Waals surface area contributed by atoms with Gasteiger partial charge < -0.3 is 9.47 Å². The van der Waals surface area contributed by atoms with Crippen molar-refractivity contribution in [2.45, 2.75) is 26.6 Å². The summed E-state index contributed by atoms with van der Waals surface area (Å²) in [6.07, 6.45) is 0. The van der Waals surface area contributed by atoms with E-state index in [0.29, 0.717) is 5.57 Å². The highest BCUT2D eigenvalue weighted by molar-refractivity contribution is 7.80. The summed E-state index contributed by atoms with van der Waals surface area (Å²) in [6, 6.07) is 9.27. The fraction of sp³-hybridized carbons (Fsp3) is 0.286. The van der Waals surface area contributed by atoms with Crippen LogP contribution in [0.4, 0.5) is 0 Å². The molecule has 0 amide bonds. The topological polar surface area (TPSA) is 35.5 Å². The summed E-state index contributed by atoms with van der Waals surface area (Å²) < 4.78 is 10.6. The van der Waals surface area contributed by atoms with Gasteiger partial charge in [0.25, 0.3) is 0 Å². The average Bonchev–Trinajstić information content (AvgIpc) is 2.28. The minimum atomic E-state index is -1.12. The van der Waals surface area contributed by atoms with Crippen LogP contribution in [-0.2, 0) is 14.3 Å². The number of carbonyl (C=O) groups is 1. The van der Waals surface area contributed by atoms with Gasteiger partial charge in [-0.15, -0.1) is 0 Å². The highest BCUT2D eigenvalue weighted by Gasteiger charge is 2.26. The maximum Gasteiger partial charge on any atom is 0.336 e. The van der Waals surface area contributed by atoms with E-state index in [0.717, 1.165) is 5.56 Å². The van der Waals surface area contributed by atoms with Gasteiger partial charge in [0.15, 0.2) is 5.05 Å². The summed E-state index contributed by atoms with van der Waals surface area (Å²) in [5.74, 6) is -1.63. The van der Waals surface area contributed by atoms with Crippen molar-refractivity contribution >= 4 is 23.2 Å². The zero-order valence-corrected chi connectivity index (χ0v) is 11.5. The van der Waals surface area contributed by atoms with Crippen LogP contribution >= 0.6 is 12.2 Å². The molecule has 0 aliphatic heterocycles. The standard InChI is InChI=1S/C14H16O3S/c1-10(2)12(15)16-14(3,4)17-13(18)11-8-6-5-7-9-11/h5-9H,1H2,2-4H3. The van der Waals surface area contributed by atoms with Gasteiger partial charge >= 0.3 is 5.97 Å². The molecule has 3 nitrogen and oxygen atoms in total. The Balaban J connectivity index is 2.69. The monoisotopic (exact) mass is 264 g/mol. The van der Waals surface area contributed by atoms with Gasteiger partial charge in [0, 0.05) is 25.0 Å². The van der Waals surface area contributed by atoms with E-state index in [1.807, 2.05) is 30.3 Å². The first-order valence-corrected chi connectivity index (χ1v) is 5.90. The van der Waals surface area contributed by atoms with E-state index in [1.54, 1.807) is 20.8 Å². The summed E-state index contributed by atoms with van der Waals surface area (Å²) in [5, 5.41) is 0.287. The van der Waals surface area contributed by atoms with Crippen LogP contribution in [0.15, 0.2) is 42.5 Å². The lowest BCUT2D eigenvalue weighted by Gasteiger charge is -2.26. The van der Waals surface area contributed by atoms with Gasteiger partial charge in [-0.1, -0.05) is 36.9 Å². The lowest BCUT2D eigenvalue weighted by Crippen LogP contribution is -2.33. The molecule has 1 aromatic rings. The van der Waals surface area contributed by atoms with E-state index in [1.165, 1.54) is 0 Å². The van der Waals surface area contributed by atoms with Gasteiger partial charge in [0.05, 0.1) is 0 Å². The van der Waals surface area contributed by atoms with Gasteiger partial charge in [-0.25, -0.2) is 4.79 Å². The molecular weight excluding hydrogens is 248 g/mol. The SMILES string of the molecule is C=C(C)C(=O)OC(C)(C)OC(=S)c1ccccc1. The fourth-order valence-electron chi connectivity index (χ4n) is 1.19. The second-order valence-electron chi connectivity index (χ2n) is 4.33. The number of esters is 1. The molecule has 1 rings (SSSR count). The average molecular weight is 264 g/mol. The molecule has 4 heteroatoms. The molecule has 0 unspecified atom stereocenters. The van der Waals surface area contributed by atoms with Gasteiger partial charge in [-0.3, -0.25) is 0 Å². The Morgan fingerprint density at radius 3 is 2.28 bits per heavy atom. The number of hydrogen-bond acceptors (Lipinski definition) is 4. The van der Waals surface area contributed by atoms with Crippen LogP contribution in [-0.4, -0.2) is 16.8 Å². The molecule has 0 atom stereocenters. The lowest BCUT2D eigenvalue weighted by molar-refractivity contribution is -0.184. The maximum absolute atomic E-state index is 11.4. The van der Waals surface area contributed by atoms with Gasteiger partial charge in [-0.05, 0) is 19.1 Å². The molecule has 0 bridgehead atoms. The van der Waals surface area contributed by atoms with Crippen molar-refractivity contribution < 1.29 is 14.3 Å². The predicted molar refractivity (Wildman–Crippen MR) is 74.2 cm³/mol. The molecule has 0 saturated heterocycles. The Morgan fingerprint density at radius 1 is 1.22 bits per heavy atom. The Bertz CT molecular complexity index is 463. The van der Waals surface area contributed by atoms with Crippen molar-refractivity contribution in [3.63, 3.8) is 0 Å². The molecule has 1 aromatic carbocycles. The summed E-state index contributed by atoms with van der Waals surface area (Å²) in [6.45, 7) is 8.35. The lowest BCUT2D eigenvalue weighted by atomic mass is 10.2. The molecule has 0 radical (unpaired) electrons. The Hall–Kier alpha value is -1.68. The molecule has 0 saturated carbocycles. The molecule has 0 aliphatic rings. The molecule has 0 N–H and O–H groups in total. The molecular formula is C14H16O3S. The smallest absolute Gasteiger partial charge is 0.336 e. The normalized spacial score (nSPS) is 10.6. The molecule has 0 aromatic heterocycles. The summed E-state index contributed by atoms with van der Waals surface area (Å²) >= 11 is 5.15. The van der Waals surface area contributed by atoms with Crippen LogP contribution in [0.25, 0.3) is 0 Å². The predicted octanol–water partition coefficient (Wildman–Crippen LogP) is 3.23. The number of rotatable bonds is 4. The van der Waals surface area contributed by atoms with E-state index < -0.39 is 11.8 Å². The molecule has 0 fully saturated rings. The highest BCUT2D eigenvalue weighted by Crippen LogP contribution is 2.17. The number of hydrogen-bond donors (Lipinski definition) is 0. The van der Waals surface area contributed by atoms with E-state index in [-0.39, 0.29) is 5.05 Å². The number of thiocarbonyl (C=S) groups is 1. The second kappa shape index (κ2) is 5.78. The van der Waals surface area contributed by atoms with E-state index in [2.05, 4.69) is 6.58 Å². The first kappa shape index (κ1) is 14.4. The third kappa shape index (κ3) is 4.30. The Labute approximate surface area is 112 Å². The van der Waals surface area contributed by atoms with Crippen LogP contribution in [0, 0.1) is 0 Å². The van der Waals surface area contributed by atoms with Crippen LogP contribution in [0.3, 0.4) is 0 Å². The summed E-state index contributed by atoms with van der Waals surface area (Å²) in [5.41, 5.74) is 1.09. The molecule has 96 valence electrons.